The summed E-state index contributed by atoms with van der Waals surface area (Å²) in [5.74, 6) is 3.13. The fraction of sp³-hybridized carbons (Fsp3) is 0.346. The Kier molecular flexibility index (Phi) is 7.72. The molecule has 158 valence electrons. The summed E-state index contributed by atoms with van der Waals surface area (Å²) in [6, 6.07) is 18.1. The van der Waals surface area contributed by atoms with Crippen molar-refractivity contribution < 1.29 is 19.0 Å². The summed E-state index contributed by atoms with van der Waals surface area (Å²) in [6.07, 6.45) is 2.08. The van der Waals surface area contributed by atoms with Gasteiger partial charge in [-0.15, -0.1) is 0 Å². The van der Waals surface area contributed by atoms with Crippen LogP contribution in [0.15, 0.2) is 54.6 Å². The van der Waals surface area contributed by atoms with Crippen LogP contribution in [-0.2, 0) is 17.6 Å². The number of fused-ring (bicyclic) bond motifs is 2. The van der Waals surface area contributed by atoms with Gasteiger partial charge in [-0.3, -0.25) is 4.79 Å². The first-order valence-corrected chi connectivity index (χ1v) is 10.7. The van der Waals surface area contributed by atoms with Crippen LogP contribution in [0.2, 0.25) is 0 Å². The standard InChI is InChI=1S/C14H16O2.C12H14O2/c1-3-15-12-8-9-13-11(10-12)6-5-7-14(13)16-4-2;1-2-14-12-5-3-4-9-8-10(13)6-7-11(9)12/h5-10H,3-4H2,1-2H3;3-5H,2,6-8H2,1H3. The highest BCUT2D eigenvalue weighted by molar-refractivity contribution is 5.89. The van der Waals surface area contributed by atoms with Crippen LogP contribution in [0.3, 0.4) is 0 Å². The van der Waals surface area contributed by atoms with E-state index >= 15 is 0 Å². The molecule has 4 heteroatoms. The lowest BCUT2D eigenvalue weighted by Gasteiger charge is -2.18. The maximum atomic E-state index is 11.3. The van der Waals surface area contributed by atoms with Gasteiger partial charge in [0.15, 0.2) is 0 Å². The van der Waals surface area contributed by atoms with Crippen LogP contribution in [0.1, 0.15) is 38.3 Å². The van der Waals surface area contributed by atoms with Gasteiger partial charge in [0.1, 0.15) is 23.0 Å². The van der Waals surface area contributed by atoms with Crippen LogP contribution in [0.25, 0.3) is 10.8 Å². The normalized spacial score (nSPS) is 12.6. The molecule has 0 atom stereocenters. The lowest BCUT2D eigenvalue weighted by atomic mass is 9.90. The summed E-state index contributed by atoms with van der Waals surface area (Å²) in [7, 11) is 0. The summed E-state index contributed by atoms with van der Waals surface area (Å²) in [4.78, 5) is 11.3. The van der Waals surface area contributed by atoms with Gasteiger partial charge in [-0.1, -0.05) is 24.3 Å². The van der Waals surface area contributed by atoms with Crippen LogP contribution in [-0.4, -0.2) is 25.6 Å². The first-order valence-electron chi connectivity index (χ1n) is 10.7. The number of ether oxygens (including phenoxy) is 3. The SMILES string of the molecule is CCOc1ccc2c(OCC)cccc2c1.CCOc1cccc2c1CCC(=O)C2. The zero-order chi connectivity index (χ0) is 21.3. The molecule has 0 radical (unpaired) electrons. The van der Waals surface area contributed by atoms with Gasteiger partial charge in [0.25, 0.3) is 0 Å². The highest BCUT2D eigenvalue weighted by atomic mass is 16.5. The number of rotatable bonds is 6. The van der Waals surface area contributed by atoms with Crippen molar-refractivity contribution in [2.45, 2.75) is 40.0 Å². The molecule has 3 aromatic rings. The molecule has 0 amide bonds. The minimum absolute atomic E-state index is 0.339. The average molecular weight is 407 g/mol. The monoisotopic (exact) mass is 406 g/mol. The van der Waals surface area contributed by atoms with Gasteiger partial charge >= 0.3 is 0 Å². The van der Waals surface area contributed by atoms with Crippen LogP contribution in [0.5, 0.6) is 17.2 Å². The molecule has 0 unspecified atom stereocenters. The van der Waals surface area contributed by atoms with Gasteiger partial charge in [0, 0.05) is 18.2 Å². The predicted molar refractivity (Wildman–Crippen MR) is 121 cm³/mol. The topological polar surface area (TPSA) is 44.8 Å². The number of benzene rings is 3. The Balaban J connectivity index is 0.000000172. The minimum atomic E-state index is 0.339. The second-order valence-corrected chi connectivity index (χ2v) is 7.05. The first kappa shape index (κ1) is 21.7. The van der Waals surface area contributed by atoms with Crippen molar-refractivity contribution >= 4 is 16.6 Å². The lowest BCUT2D eigenvalue weighted by Crippen LogP contribution is -2.14. The van der Waals surface area contributed by atoms with Crippen molar-refractivity contribution in [2.75, 3.05) is 19.8 Å². The molecule has 3 aromatic carbocycles. The molecule has 4 nitrogen and oxygen atoms in total. The van der Waals surface area contributed by atoms with Crippen molar-refractivity contribution in [1.29, 1.82) is 0 Å². The Morgan fingerprint density at radius 3 is 2.23 bits per heavy atom. The van der Waals surface area contributed by atoms with E-state index in [1.807, 2.05) is 69.3 Å². The Labute approximate surface area is 178 Å². The third-order valence-corrected chi connectivity index (χ3v) is 4.99. The van der Waals surface area contributed by atoms with E-state index in [0.29, 0.717) is 38.4 Å². The van der Waals surface area contributed by atoms with Crippen LogP contribution < -0.4 is 14.2 Å². The third kappa shape index (κ3) is 5.32. The van der Waals surface area contributed by atoms with Gasteiger partial charge in [-0.05, 0) is 74.0 Å². The van der Waals surface area contributed by atoms with E-state index in [4.69, 9.17) is 14.2 Å². The third-order valence-electron chi connectivity index (χ3n) is 4.99. The van der Waals surface area contributed by atoms with Gasteiger partial charge in [0.05, 0.1) is 19.8 Å². The number of hydrogen-bond donors (Lipinski definition) is 0. The summed E-state index contributed by atoms with van der Waals surface area (Å²) >= 11 is 0. The molecule has 0 aromatic heterocycles. The van der Waals surface area contributed by atoms with E-state index in [-0.39, 0.29) is 0 Å². The molecule has 0 saturated heterocycles. The smallest absolute Gasteiger partial charge is 0.137 e. The number of ketones is 1. The van der Waals surface area contributed by atoms with Crippen LogP contribution in [0, 0.1) is 0 Å². The number of Topliss-reactive ketones (excluding diaryl/α,β-unsaturated/α-hetero) is 1. The molecule has 0 N–H and O–H groups in total. The highest BCUT2D eigenvalue weighted by Gasteiger charge is 2.18. The second-order valence-electron chi connectivity index (χ2n) is 7.05. The molecule has 0 saturated carbocycles. The second kappa shape index (κ2) is 10.7. The van der Waals surface area contributed by atoms with Gasteiger partial charge in [0.2, 0.25) is 0 Å². The zero-order valence-electron chi connectivity index (χ0n) is 18.1. The van der Waals surface area contributed by atoms with E-state index < -0.39 is 0 Å². The Morgan fingerprint density at radius 2 is 1.47 bits per heavy atom. The van der Waals surface area contributed by atoms with Crippen molar-refractivity contribution in [3.8, 4) is 17.2 Å². The van der Waals surface area contributed by atoms with E-state index in [1.54, 1.807) is 0 Å². The fourth-order valence-electron chi connectivity index (χ4n) is 3.69. The molecule has 0 aliphatic heterocycles. The molecule has 0 heterocycles. The minimum Gasteiger partial charge on any atom is -0.494 e. The van der Waals surface area contributed by atoms with E-state index in [1.165, 1.54) is 5.56 Å². The largest absolute Gasteiger partial charge is 0.494 e. The summed E-state index contributed by atoms with van der Waals surface area (Å²) in [5, 5.41) is 2.28. The Bertz CT molecular complexity index is 993. The van der Waals surface area contributed by atoms with E-state index in [0.717, 1.165) is 40.0 Å². The molecule has 1 aliphatic rings. The first-order chi connectivity index (χ1) is 14.7. The zero-order valence-corrected chi connectivity index (χ0v) is 18.1. The number of carbonyl (C=O) groups is 1. The number of hydrogen-bond acceptors (Lipinski definition) is 4. The molecule has 0 fully saturated rings. The molecule has 0 spiro atoms. The maximum Gasteiger partial charge on any atom is 0.137 e. The average Bonchev–Trinajstić information content (AvgIpc) is 2.75. The molecule has 0 bridgehead atoms. The quantitative estimate of drug-likeness (QED) is 0.520. The van der Waals surface area contributed by atoms with Crippen molar-refractivity contribution in [2.24, 2.45) is 0 Å². The molecule has 4 rings (SSSR count). The van der Waals surface area contributed by atoms with Crippen LogP contribution >= 0.6 is 0 Å². The lowest BCUT2D eigenvalue weighted by molar-refractivity contribution is -0.118. The summed E-state index contributed by atoms with van der Waals surface area (Å²) in [6.45, 7) is 8.02. The summed E-state index contributed by atoms with van der Waals surface area (Å²) in [5.41, 5.74) is 2.38. The predicted octanol–water partition coefficient (Wildman–Crippen LogP) is 5.78. The Hall–Kier alpha value is -3.01. The van der Waals surface area contributed by atoms with Gasteiger partial charge in [-0.2, -0.15) is 0 Å². The van der Waals surface area contributed by atoms with Crippen molar-refractivity contribution in [3.63, 3.8) is 0 Å². The van der Waals surface area contributed by atoms with E-state index in [2.05, 4.69) is 6.07 Å². The highest BCUT2D eigenvalue weighted by Crippen LogP contribution is 2.29. The molecule has 30 heavy (non-hydrogen) atoms. The van der Waals surface area contributed by atoms with Gasteiger partial charge < -0.3 is 14.2 Å². The van der Waals surface area contributed by atoms with Crippen molar-refractivity contribution in [3.05, 3.63) is 65.7 Å². The summed E-state index contributed by atoms with van der Waals surface area (Å²) < 4.78 is 16.6. The van der Waals surface area contributed by atoms with Gasteiger partial charge in [-0.25, -0.2) is 0 Å². The Morgan fingerprint density at radius 1 is 0.767 bits per heavy atom. The number of carbonyl (C=O) groups excluding carboxylic acids is 1. The molecule has 1 aliphatic carbocycles. The maximum absolute atomic E-state index is 11.3. The van der Waals surface area contributed by atoms with E-state index in [9.17, 15) is 4.79 Å². The van der Waals surface area contributed by atoms with Crippen molar-refractivity contribution in [1.82, 2.24) is 0 Å². The fourth-order valence-corrected chi connectivity index (χ4v) is 3.69. The molecular weight excluding hydrogens is 376 g/mol. The molecular formula is C26H30O4. The van der Waals surface area contributed by atoms with Crippen LogP contribution in [0.4, 0.5) is 0 Å².